The SMILES string of the molecule is C=O.COc1ccccn1.COc1ccccn1. The van der Waals surface area contributed by atoms with Crippen LogP contribution in [0.2, 0.25) is 0 Å². The lowest BCUT2D eigenvalue weighted by Gasteiger charge is -1.92. The zero-order valence-electron chi connectivity index (χ0n) is 10.4. The van der Waals surface area contributed by atoms with Gasteiger partial charge in [-0.15, -0.1) is 0 Å². The first-order valence-electron chi connectivity index (χ1n) is 5.05. The molecule has 0 aromatic carbocycles. The predicted octanol–water partition coefficient (Wildman–Crippen LogP) is 2.00. The van der Waals surface area contributed by atoms with E-state index >= 15 is 0 Å². The average Bonchev–Trinajstić information content (AvgIpc) is 2.51. The molecule has 96 valence electrons. The number of pyridine rings is 2. The summed E-state index contributed by atoms with van der Waals surface area (Å²) in [7, 11) is 3.20. The highest BCUT2D eigenvalue weighted by atomic mass is 16.5. The van der Waals surface area contributed by atoms with Gasteiger partial charge in [0.25, 0.3) is 0 Å². The number of carbonyl (C=O) groups excluding carboxylic acids is 1. The summed E-state index contributed by atoms with van der Waals surface area (Å²) in [6.45, 7) is 2.00. The van der Waals surface area contributed by atoms with E-state index in [4.69, 9.17) is 14.3 Å². The molecule has 2 aromatic heterocycles. The van der Waals surface area contributed by atoms with E-state index in [0.29, 0.717) is 11.8 Å². The molecule has 2 rings (SSSR count). The first-order chi connectivity index (χ1) is 8.86. The minimum Gasteiger partial charge on any atom is -0.481 e. The van der Waals surface area contributed by atoms with Gasteiger partial charge in [0.15, 0.2) is 0 Å². The summed E-state index contributed by atoms with van der Waals surface area (Å²) in [4.78, 5) is 15.8. The van der Waals surface area contributed by atoms with Crippen LogP contribution in [0.5, 0.6) is 11.8 Å². The van der Waals surface area contributed by atoms with E-state index in [2.05, 4.69) is 9.97 Å². The fourth-order valence-corrected chi connectivity index (χ4v) is 0.936. The molecule has 2 heterocycles. The molecule has 0 amide bonds. The molecule has 0 N–H and O–H groups in total. The quantitative estimate of drug-likeness (QED) is 0.813. The maximum Gasteiger partial charge on any atom is 0.212 e. The van der Waals surface area contributed by atoms with Gasteiger partial charge in [-0.1, -0.05) is 12.1 Å². The lowest BCUT2D eigenvalue weighted by molar-refractivity contribution is -0.0979. The Morgan fingerprint density at radius 2 is 1.22 bits per heavy atom. The number of hydrogen-bond donors (Lipinski definition) is 0. The first kappa shape index (κ1) is 15.6. The van der Waals surface area contributed by atoms with E-state index < -0.39 is 0 Å². The van der Waals surface area contributed by atoms with Crippen molar-refractivity contribution < 1.29 is 14.3 Å². The van der Waals surface area contributed by atoms with Gasteiger partial charge in [0, 0.05) is 24.5 Å². The second-order valence-corrected chi connectivity index (χ2v) is 2.74. The van der Waals surface area contributed by atoms with Gasteiger partial charge in [-0.2, -0.15) is 0 Å². The minimum absolute atomic E-state index is 0.660. The van der Waals surface area contributed by atoms with E-state index in [1.807, 2.05) is 31.1 Å². The number of nitrogens with zero attached hydrogens (tertiary/aromatic N) is 2. The molecule has 0 aliphatic heterocycles. The van der Waals surface area contributed by atoms with Gasteiger partial charge in [-0.25, -0.2) is 9.97 Å². The molecule has 0 atom stereocenters. The van der Waals surface area contributed by atoms with Crippen molar-refractivity contribution in [2.24, 2.45) is 0 Å². The molecule has 0 aliphatic rings. The Morgan fingerprint density at radius 1 is 0.833 bits per heavy atom. The van der Waals surface area contributed by atoms with E-state index in [1.54, 1.807) is 38.7 Å². The van der Waals surface area contributed by atoms with E-state index in [0.717, 1.165) is 0 Å². The van der Waals surface area contributed by atoms with E-state index in [9.17, 15) is 0 Å². The third kappa shape index (κ3) is 6.95. The number of methoxy groups -OCH3 is 2. The summed E-state index contributed by atoms with van der Waals surface area (Å²) in [5.74, 6) is 1.32. The highest BCUT2D eigenvalue weighted by molar-refractivity contribution is 5.11. The highest BCUT2D eigenvalue weighted by Crippen LogP contribution is 2.00. The number of hydrogen-bond acceptors (Lipinski definition) is 5. The number of ether oxygens (including phenoxy) is 2. The van der Waals surface area contributed by atoms with E-state index in [-0.39, 0.29) is 0 Å². The van der Waals surface area contributed by atoms with Crippen molar-refractivity contribution in [3.05, 3.63) is 48.8 Å². The van der Waals surface area contributed by atoms with Crippen molar-refractivity contribution in [3.8, 4) is 11.8 Å². The van der Waals surface area contributed by atoms with Crippen molar-refractivity contribution in [1.29, 1.82) is 0 Å². The number of aromatic nitrogens is 2. The lowest BCUT2D eigenvalue weighted by atomic mass is 10.5. The topological polar surface area (TPSA) is 61.3 Å². The molecular weight excluding hydrogens is 232 g/mol. The van der Waals surface area contributed by atoms with Crippen LogP contribution in [-0.4, -0.2) is 31.0 Å². The Bertz CT molecular complexity index is 356. The molecule has 0 saturated carbocycles. The third-order valence-corrected chi connectivity index (χ3v) is 1.69. The maximum absolute atomic E-state index is 8.00. The van der Waals surface area contributed by atoms with E-state index in [1.165, 1.54) is 0 Å². The molecule has 5 nitrogen and oxygen atoms in total. The fraction of sp³-hybridized carbons (Fsp3) is 0.154. The summed E-state index contributed by atoms with van der Waals surface area (Å²) in [6, 6.07) is 11.1. The van der Waals surface area contributed by atoms with Crippen molar-refractivity contribution in [2.45, 2.75) is 0 Å². The van der Waals surface area contributed by atoms with Gasteiger partial charge >= 0.3 is 0 Å². The standard InChI is InChI=1S/2C6H7NO.CH2O/c2*1-8-6-4-2-3-5-7-6;1-2/h2*2-5H,1H3;1H2. The molecule has 0 aliphatic carbocycles. The molecule has 0 saturated heterocycles. The Hall–Kier alpha value is -2.43. The van der Waals surface area contributed by atoms with Crippen LogP contribution >= 0.6 is 0 Å². The van der Waals surface area contributed by atoms with Crippen LogP contribution in [0.25, 0.3) is 0 Å². The van der Waals surface area contributed by atoms with Crippen molar-refractivity contribution in [3.63, 3.8) is 0 Å². The Balaban J connectivity index is 0.000000283. The van der Waals surface area contributed by atoms with Crippen molar-refractivity contribution >= 4 is 6.79 Å². The molecule has 0 fully saturated rings. The largest absolute Gasteiger partial charge is 0.481 e. The van der Waals surface area contributed by atoms with Crippen LogP contribution in [-0.2, 0) is 4.79 Å². The van der Waals surface area contributed by atoms with Gasteiger partial charge in [-0.3, -0.25) is 0 Å². The van der Waals surface area contributed by atoms with Crippen LogP contribution in [0, 0.1) is 0 Å². The first-order valence-corrected chi connectivity index (χ1v) is 5.05. The zero-order chi connectivity index (χ0) is 13.6. The van der Waals surface area contributed by atoms with Gasteiger partial charge in [0.05, 0.1) is 14.2 Å². The van der Waals surface area contributed by atoms with Gasteiger partial charge in [0.2, 0.25) is 11.8 Å². The average molecular weight is 248 g/mol. The lowest BCUT2D eigenvalue weighted by Crippen LogP contribution is -1.83. The van der Waals surface area contributed by atoms with Crippen LogP contribution in [0.4, 0.5) is 0 Å². The molecule has 5 heteroatoms. The summed E-state index contributed by atoms with van der Waals surface area (Å²) in [5.41, 5.74) is 0. The highest BCUT2D eigenvalue weighted by Gasteiger charge is 1.82. The summed E-state index contributed by atoms with van der Waals surface area (Å²) < 4.78 is 9.61. The third-order valence-electron chi connectivity index (χ3n) is 1.69. The fourth-order valence-electron chi connectivity index (χ4n) is 0.936. The summed E-state index contributed by atoms with van der Waals surface area (Å²) in [5, 5.41) is 0. The van der Waals surface area contributed by atoms with Gasteiger partial charge < -0.3 is 14.3 Å². The summed E-state index contributed by atoms with van der Waals surface area (Å²) >= 11 is 0. The minimum atomic E-state index is 0.660. The second kappa shape index (κ2) is 11.1. The molecule has 2 aromatic rings. The zero-order valence-corrected chi connectivity index (χ0v) is 10.4. The molecule has 0 unspecified atom stereocenters. The van der Waals surface area contributed by atoms with Crippen molar-refractivity contribution in [1.82, 2.24) is 9.97 Å². The van der Waals surface area contributed by atoms with Gasteiger partial charge in [-0.05, 0) is 12.1 Å². The number of carbonyl (C=O) groups is 1. The smallest absolute Gasteiger partial charge is 0.212 e. The molecular formula is C13H16N2O3. The molecule has 18 heavy (non-hydrogen) atoms. The van der Waals surface area contributed by atoms with Crippen molar-refractivity contribution in [2.75, 3.05) is 14.2 Å². The van der Waals surface area contributed by atoms with Crippen LogP contribution in [0.1, 0.15) is 0 Å². The Kier molecular flexibility index (Phi) is 9.57. The monoisotopic (exact) mass is 248 g/mol. The molecule has 0 bridgehead atoms. The van der Waals surface area contributed by atoms with Crippen LogP contribution < -0.4 is 9.47 Å². The normalized spacial score (nSPS) is 7.89. The van der Waals surface area contributed by atoms with Crippen LogP contribution in [0.15, 0.2) is 48.8 Å². The second-order valence-electron chi connectivity index (χ2n) is 2.74. The summed E-state index contributed by atoms with van der Waals surface area (Å²) in [6.07, 6.45) is 3.39. The Labute approximate surface area is 106 Å². The number of rotatable bonds is 2. The van der Waals surface area contributed by atoms with Crippen LogP contribution in [0.3, 0.4) is 0 Å². The predicted molar refractivity (Wildman–Crippen MR) is 68.7 cm³/mol. The molecule has 0 spiro atoms. The molecule has 0 radical (unpaired) electrons. The Morgan fingerprint density at radius 3 is 1.39 bits per heavy atom. The van der Waals surface area contributed by atoms with Gasteiger partial charge in [0.1, 0.15) is 6.79 Å². The maximum atomic E-state index is 8.00.